The van der Waals surface area contributed by atoms with Crippen molar-refractivity contribution in [3.63, 3.8) is 0 Å². The lowest BCUT2D eigenvalue weighted by atomic mass is 9.86. The first-order valence-corrected chi connectivity index (χ1v) is 5.50. The van der Waals surface area contributed by atoms with Gasteiger partial charge in [-0.25, -0.2) is 0 Å². The number of hydrogen-bond acceptors (Lipinski definition) is 4. The van der Waals surface area contributed by atoms with E-state index in [4.69, 9.17) is 9.47 Å². The Morgan fingerprint density at radius 3 is 2.47 bits per heavy atom. The summed E-state index contributed by atoms with van der Waals surface area (Å²) in [6.45, 7) is 9.50. The number of hydrogen-bond donors (Lipinski definition) is 2. The highest BCUT2D eigenvalue weighted by Gasteiger charge is 2.35. The SMILES string of the molecule is CC(C)(O)C(C)(C)NCC1CCOCO1. The molecule has 1 fully saturated rings. The van der Waals surface area contributed by atoms with Crippen molar-refractivity contribution in [2.45, 2.75) is 51.4 Å². The zero-order valence-corrected chi connectivity index (χ0v) is 10.2. The second kappa shape index (κ2) is 4.78. The van der Waals surface area contributed by atoms with Crippen LogP contribution in [0.15, 0.2) is 0 Å². The first-order chi connectivity index (χ1) is 6.83. The standard InChI is InChI=1S/C11H23NO3/c1-10(2,11(3,4)13)12-7-9-5-6-14-8-15-9/h9,12-13H,5-8H2,1-4H3. The minimum atomic E-state index is -0.752. The van der Waals surface area contributed by atoms with E-state index in [1.54, 1.807) is 0 Å². The van der Waals surface area contributed by atoms with Crippen molar-refractivity contribution < 1.29 is 14.6 Å². The van der Waals surface area contributed by atoms with Crippen molar-refractivity contribution in [2.24, 2.45) is 0 Å². The van der Waals surface area contributed by atoms with Crippen LogP contribution < -0.4 is 5.32 Å². The summed E-state index contributed by atoms with van der Waals surface area (Å²) in [5.41, 5.74) is -1.08. The molecule has 90 valence electrons. The van der Waals surface area contributed by atoms with Gasteiger partial charge in [0.1, 0.15) is 6.79 Å². The maximum absolute atomic E-state index is 9.95. The van der Waals surface area contributed by atoms with Crippen LogP contribution in [0.5, 0.6) is 0 Å². The Morgan fingerprint density at radius 2 is 2.00 bits per heavy atom. The first kappa shape index (κ1) is 12.9. The lowest BCUT2D eigenvalue weighted by molar-refractivity contribution is -0.140. The number of rotatable bonds is 4. The van der Waals surface area contributed by atoms with Crippen molar-refractivity contribution in [1.82, 2.24) is 5.32 Å². The summed E-state index contributed by atoms with van der Waals surface area (Å²) in [5, 5.41) is 13.3. The van der Waals surface area contributed by atoms with Gasteiger partial charge in [0.25, 0.3) is 0 Å². The van der Waals surface area contributed by atoms with E-state index in [0.29, 0.717) is 6.79 Å². The van der Waals surface area contributed by atoms with Crippen LogP contribution >= 0.6 is 0 Å². The molecule has 1 heterocycles. The Morgan fingerprint density at radius 1 is 1.33 bits per heavy atom. The zero-order valence-electron chi connectivity index (χ0n) is 10.2. The van der Waals surface area contributed by atoms with E-state index in [1.807, 2.05) is 27.7 Å². The highest BCUT2D eigenvalue weighted by Crippen LogP contribution is 2.20. The summed E-state index contributed by atoms with van der Waals surface area (Å²) in [6, 6.07) is 0. The molecule has 0 aromatic carbocycles. The van der Waals surface area contributed by atoms with Crippen molar-refractivity contribution in [3.05, 3.63) is 0 Å². The maximum Gasteiger partial charge on any atom is 0.147 e. The summed E-state index contributed by atoms with van der Waals surface area (Å²) in [4.78, 5) is 0. The van der Waals surface area contributed by atoms with E-state index in [1.165, 1.54) is 0 Å². The van der Waals surface area contributed by atoms with Crippen LogP contribution in [0, 0.1) is 0 Å². The molecule has 0 saturated carbocycles. The summed E-state index contributed by atoms with van der Waals surface area (Å²) < 4.78 is 10.5. The number of aliphatic hydroxyl groups is 1. The third kappa shape index (κ3) is 3.72. The molecule has 0 aliphatic carbocycles. The monoisotopic (exact) mass is 217 g/mol. The van der Waals surface area contributed by atoms with Gasteiger partial charge < -0.3 is 19.9 Å². The summed E-state index contributed by atoms with van der Waals surface area (Å²) in [6.07, 6.45) is 1.11. The van der Waals surface area contributed by atoms with Crippen LogP contribution in [0.4, 0.5) is 0 Å². The fourth-order valence-corrected chi connectivity index (χ4v) is 1.25. The van der Waals surface area contributed by atoms with E-state index in [2.05, 4.69) is 5.32 Å². The van der Waals surface area contributed by atoms with Crippen molar-refractivity contribution in [2.75, 3.05) is 19.9 Å². The van der Waals surface area contributed by atoms with E-state index < -0.39 is 5.60 Å². The lowest BCUT2D eigenvalue weighted by Crippen LogP contribution is -2.57. The van der Waals surface area contributed by atoms with Gasteiger partial charge in [0.15, 0.2) is 0 Å². The number of ether oxygens (including phenoxy) is 2. The van der Waals surface area contributed by atoms with Gasteiger partial charge in [-0.3, -0.25) is 0 Å². The Kier molecular flexibility index (Phi) is 4.12. The van der Waals surface area contributed by atoms with Gasteiger partial charge in [-0.1, -0.05) is 0 Å². The quantitative estimate of drug-likeness (QED) is 0.734. The molecule has 0 radical (unpaired) electrons. The van der Waals surface area contributed by atoms with Gasteiger partial charge >= 0.3 is 0 Å². The average molecular weight is 217 g/mol. The highest BCUT2D eigenvalue weighted by atomic mass is 16.7. The van der Waals surface area contributed by atoms with Gasteiger partial charge in [0.2, 0.25) is 0 Å². The normalized spacial score (nSPS) is 24.2. The molecule has 0 aromatic rings. The molecular weight excluding hydrogens is 194 g/mol. The van der Waals surface area contributed by atoms with Crippen molar-refractivity contribution >= 4 is 0 Å². The van der Waals surface area contributed by atoms with E-state index in [-0.39, 0.29) is 11.6 Å². The largest absolute Gasteiger partial charge is 0.389 e. The molecule has 1 rings (SSSR count). The third-order valence-electron chi connectivity index (χ3n) is 3.27. The second-order valence-corrected chi connectivity index (χ2v) is 5.17. The third-order valence-corrected chi connectivity index (χ3v) is 3.27. The van der Waals surface area contributed by atoms with Gasteiger partial charge in [-0.15, -0.1) is 0 Å². The van der Waals surface area contributed by atoms with Crippen molar-refractivity contribution in [3.8, 4) is 0 Å². The van der Waals surface area contributed by atoms with Crippen LogP contribution in [-0.4, -0.2) is 42.3 Å². The Bertz CT molecular complexity index is 192. The summed E-state index contributed by atoms with van der Waals surface area (Å²) >= 11 is 0. The van der Waals surface area contributed by atoms with Crippen LogP contribution in [0.25, 0.3) is 0 Å². The second-order valence-electron chi connectivity index (χ2n) is 5.17. The predicted molar refractivity (Wildman–Crippen MR) is 58.7 cm³/mol. The molecule has 15 heavy (non-hydrogen) atoms. The molecule has 1 unspecified atom stereocenters. The molecule has 4 heteroatoms. The molecule has 0 aromatic heterocycles. The molecule has 2 N–H and O–H groups in total. The lowest BCUT2D eigenvalue weighted by Gasteiger charge is -2.39. The molecule has 1 aliphatic rings. The fraction of sp³-hybridized carbons (Fsp3) is 1.00. The Balaban J connectivity index is 2.35. The zero-order chi connectivity index (χ0) is 11.5. The van der Waals surface area contributed by atoms with Crippen molar-refractivity contribution in [1.29, 1.82) is 0 Å². The van der Waals surface area contributed by atoms with E-state index >= 15 is 0 Å². The molecule has 1 atom stereocenters. The fourth-order valence-electron chi connectivity index (χ4n) is 1.25. The van der Waals surface area contributed by atoms with Gasteiger partial charge in [-0.05, 0) is 34.1 Å². The first-order valence-electron chi connectivity index (χ1n) is 5.50. The molecule has 4 nitrogen and oxygen atoms in total. The molecule has 1 saturated heterocycles. The molecule has 0 amide bonds. The van der Waals surface area contributed by atoms with Gasteiger partial charge in [0.05, 0.1) is 18.3 Å². The summed E-state index contributed by atoms with van der Waals surface area (Å²) in [7, 11) is 0. The van der Waals surface area contributed by atoms with Crippen LogP contribution in [0.1, 0.15) is 34.1 Å². The average Bonchev–Trinajstić information content (AvgIpc) is 2.15. The van der Waals surface area contributed by atoms with Crippen LogP contribution in [0.3, 0.4) is 0 Å². The molecule has 0 bridgehead atoms. The van der Waals surface area contributed by atoms with Gasteiger partial charge in [-0.2, -0.15) is 0 Å². The molecule has 1 aliphatic heterocycles. The predicted octanol–water partition coefficient (Wildman–Crippen LogP) is 0.888. The van der Waals surface area contributed by atoms with Gasteiger partial charge in [0, 0.05) is 12.1 Å². The van der Waals surface area contributed by atoms with E-state index in [0.717, 1.165) is 19.6 Å². The summed E-state index contributed by atoms with van der Waals surface area (Å²) in [5.74, 6) is 0. The number of nitrogens with one attached hydrogen (secondary N) is 1. The highest BCUT2D eigenvalue weighted by molar-refractivity contribution is 4.93. The van der Waals surface area contributed by atoms with Crippen LogP contribution in [0.2, 0.25) is 0 Å². The van der Waals surface area contributed by atoms with Crippen LogP contribution in [-0.2, 0) is 9.47 Å². The Hall–Kier alpha value is -0.160. The maximum atomic E-state index is 9.95. The van der Waals surface area contributed by atoms with E-state index in [9.17, 15) is 5.11 Å². The molecular formula is C11H23NO3. The minimum absolute atomic E-state index is 0.195. The Labute approximate surface area is 92.0 Å². The molecule has 0 spiro atoms. The topological polar surface area (TPSA) is 50.7 Å². The smallest absolute Gasteiger partial charge is 0.147 e. The minimum Gasteiger partial charge on any atom is -0.389 e.